The van der Waals surface area contributed by atoms with E-state index >= 15 is 0 Å². The number of nitrogens with zero attached hydrogens (tertiary/aromatic N) is 2. The Kier molecular flexibility index (Phi) is 7.62. The number of hydrogen-bond donors (Lipinski definition) is 0. The Labute approximate surface area is 343 Å². The standard InChI is InChI=1S/C54H34N2S2/c1-3-14-35(15-4-1)37-26-30-51-45(32-37)46-34-40(27-31-52(46)57-51)55(38-18-13-19-39(33-38)56-47-23-10-7-20-42(47)43-21-8-11-24-48(43)56)49-29-28-41(36-16-5-2-6-17-36)54-53(49)44-22-9-12-25-50(44)58-54/h1-34H. The first kappa shape index (κ1) is 33.2. The molecule has 2 nitrogen and oxygen atoms in total. The molecule has 0 N–H and O–H groups in total. The first-order valence-electron chi connectivity index (χ1n) is 19.7. The van der Waals surface area contributed by atoms with Crippen molar-refractivity contribution < 1.29 is 0 Å². The van der Waals surface area contributed by atoms with Crippen molar-refractivity contribution in [3.05, 3.63) is 206 Å². The van der Waals surface area contributed by atoms with Crippen LogP contribution in [0.3, 0.4) is 0 Å². The molecule has 12 aromatic rings. The minimum atomic E-state index is 1.10. The third-order valence-electron chi connectivity index (χ3n) is 11.6. The summed E-state index contributed by atoms with van der Waals surface area (Å²) in [5.41, 5.74) is 11.9. The number of anilines is 3. The SMILES string of the molecule is c1ccc(-c2ccc3sc4ccc(N(c5cccc(-n6c7ccccc7c7ccccc76)c5)c5ccc(-c6ccccc6)c6sc7ccccc7c56)cc4c3c2)cc1. The summed E-state index contributed by atoms with van der Waals surface area (Å²) in [5, 5.41) is 7.61. The lowest BCUT2D eigenvalue weighted by Gasteiger charge is -2.28. The van der Waals surface area contributed by atoms with Gasteiger partial charge in [-0.25, -0.2) is 0 Å². The number of hydrogen-bond acceptors (Lipinski definition) is 3. The predicted molar refractivity (Wildman–Crippen MR) is 252 cm³/mol. The van der Waals surface area contributed by atoms with Crippen LogP contribution in [0.1, 0.15) is 0 Å². The zero-order chi connectivity index (χ0) is 38.2. The number of fused-ring (bicyclic) bond motifs is 9. The molecule has 0 amide bonds. The van der Waals surface area contributed by atoms with Crippen molar-refractivity contribution in [1.82, 2.24) is 4.57 Å². The highest BCUT2D eigenvalue weighted by Crippen LogP contribution is 2.49. The van der Waals surface area contributed by atoms with E-state index in [1.54, 1.807) is 0 Å². The summed E-state index contributed by atoms with van der Waals surface area (Å²) in [5.74, 6) is 0. The smallest absolute Gasteiger partial charge is 0.0555 e. The van der Waals surface area contributed by atoms with Crippen molar-refractivity contribution in [2.75, 3.05) is 4.90 Å². The zero-order valence-corrected chi connectivity index (χ0v) is 33.0. The van der Waals surface area contributed by atoms with Gasteiger partial charge in [0.25, 0.3) is 0 Å². The highest BCUT2D eigenvalue weighted by Gasteiger charge is 2.23. The van der Waals surface area contributed by atoms with Crippen LogP contribution in [0.2, 0.25) is 0 Å². The summed E-state index contributed by atoms with van der Waals surface area (Å²) in [4.78, 5) is 2.50. The van der Waals surface area contributed by atoms with Gasteiger partial charge in [0.05, 0.1) is 16.7 Å². The molecule has 0 aliphatic carbocycles. The molecule has 272 valence electrons. The monoisotopic (exact) mass is 774 g/mol. The molecule has 9 aromatic carbocycles. The largest absolute Gasteiger partial charge is 0.310 e. The molecule has 0 unspecified atom stereocenters. The average Bonchev–Trinajstić information content (AvgIpc) is 3.97. The van der Waals surface area contributed by atoms with Gasteiger partial charge in [0.1, 0.15) is 0 Å². The zero-order valence-electron chi connectivity index (χ0n) is 31.3. The summed E-state index contributed by atoms with van der Waals surface area (Å²) in [6, 6.07) is 75.7. The molecule has 0 fully saturated rings. The van der Waals surface area contributed by atoms with Crippen LogP contribution in [0.15, 0.2) is 206 Å². The lowest BCUT2D eigenvalue weighted by Crippen LogP contribution is -2.11. The second kappa shape index (κ2) is 13.3. The molecule has 0 radical (unpaired) electrons. The van der Waals surface area contributed by atoms with Crippen LogP contribution >= 0.6 is 22.7 Å². The van der Waals surface area contributed by atoms with E-state index < -0.39 is 0 Å². The quantitative estimate of drug-likeness (QED) is 0.163. The summed E-state index contributed by atoms with van der Waals surface area (Å²) in [6.45, 7) is 0. The van der Waals surface area contributed by atoms with E-state index in [0.717, 1.165) is 22.7 Å². The van der Waals surface area contributed by atoms with Crippen LogP contribution in [0.4, 0.5) is 17.1 Å². The van der Waals surface area contributed by atoms with Crippen LogP contribution in [0.5, 0.6) is 0 Å². The molecule has 4 heteroatoms. The van der Waals surface area contributed by atoms with Crippen LogP contribution < -0.4 is 4.90 Å². The van der Waals surface area contributed by atoms with Gasteiger partial charge in [-0.1, -0.05) is 133 Å². The van der Waals surface area contributed by atoms with Crippen molar-refractivity contribution in [3.63, 3.8) is 0 Å². The van der Waals surface area contributed by atoms with Gasteiger partial charge in [0, 0.05) is 68.2 Å². The number of aromatic nitrogens is 1. The van der Waals surface area contributed by atoms with Gasteiger partial charge in [0.15, 0.2) is 0 Å². The van der Waals surface area contributed by atoms with Crippen LogP contribution in [-0.4, -0.2) is 4.57 Å². The maximum atomic E-state index is 2.50. The number of benzene rings is 9. The first-order chi connectivity index (χ1) is 28.8. The summed E-state index contributed by atoms with van der Waals surface area (Å²) in [6.07, 6.45) is 0. The molecule has 12 rings (SSSR count). The van der Waals surface area contributed by atoms with E-state index in [9.17, 15) is 0 Å². The predicted octanol–water partition coefficient (Wildman–Crippen LogP) is 16.3. The Morgan fingerprint density at radius 3 is 1.72 bits per heavy atom. The maximum absolute atomic E-state index is 2.50. The topological polar surface area (TPSA) is 8.17 Å². The van der Waals surface area contributed by atoms with E-state index in [-0.39, 0.29) is 0 Å². The van der Waals surface area contributed by atoms with Gasteiger partial charge in [-0.2, -0.15) is 0 Å². The Morgan fingerprint density at radius 1 is 0.362 bits per heavy atom. The van der Waals surface area contributed by atoms with Crippen molar-refractivity contribution in [2.45, 2.75) is 0 Å². The van der Waals surface area contributed by atoms with Gasteiger partial charge in [-0.3, -0.25) is 0 Å². The Morgan fingerprint density at radius 2 is 0.966 bits per heavy atom. The van der Waals surface area contributed by atoms with Crippen molar-refractivity contribution in [1.29, 1.82) is 0 Å². The number of thiophene rings is 2. The molecular weight excluding hydrogens is 741 g/mol. The van der Waals surface area contributed by atoms with E-state index in [4.69, 9.17) is 0 Å². The van der Waals surface area contributed by atoms with Gasteiger partial charge < -0.3 is 9.47 Å². The van der Waals surface area contributed by atoms with Gasteiger partial charge in [-0.15, -0.1) is 22.7 Å². The second-order valence-electron chi connectivity index (χ2n) is 14.9. The fourth-order valence-electron chi connectivity index (χ4n) is 8.96. The minimum absolute atomic E-state index is 1.10. The number of rotatable bonds is 6. The summed E-state index contributed by atoms with van der Waals surface area (Å²) in [7, 11) is 0. The van der Waals surface area contributed by atoms with Gasteiger partial charge >= 0.3 is 0 Å². The molecule has 3 heterocycles. The molecule has 0 aliphatic heterocycles. The molecule has 58 heavy (non-hydrogen) atoms. The van der Waals surface area contributed by atoms with Crippen LogP contribution in [0.25, 0.3) is 90.1 Å². The fraction of sp³-hybridized carbons (Fsp3) is 0. The second-order valence-corrected chi connectivity index (χ2v) is 17.0. The first-order valence-corrected chi connectivity index (χ1v) is 21.3. The highest BCUT2D eigenvalue weighted by atomic mass is 32.1. The minimum Gasteiger partial charge on any atom is -0.310 e. The third-order valence-corrected chi connectivity index (χ3v) is 13.9. The normalized spacial score (nSPS) is 11.8. The summed E-state index contributed by atoms with van der Waals surface area (Å²) >= 11 is 3.75. The molecule has 0 saturated heterocycles. The molecule has 0 bridgehead atoms. The lowest BCUT2D eigenvalue weighted by molar-refractivity contribution is 1.17. The van der Waals surface area contributed by atoms with E-state index in [1.807, 2.05) is 22.7 Å². The fourth-order valence-corrected chi connectivity index (χ4v) is 11.3. The summed E-state index contributed by atoms with van der Waals surface area (Å²) < 4.78 is 7.58. The lowest BCUT2D eigenvalue weighted by atomic mass is 10.00. The van der Waals surface area contributed by atoms with Gasteiger partial charge in [0.2, 0.25) is 0 Å². The van der Waals surface area contributed by atoms with Crippen LogP contribution in [0, 0.1) is 0 Å². The molecule has 0 saturated carbocycles. The molecular formula is C54H34N2S2. The van der Waals surface area contributed by atoms with E-state index in [2.05, 4.69) is 216 Å². The Balaban J connectivity index is 1.14. The van der Waals surface area contributed by atoms with Crippen LogP contribution in [-0.2, 0) is 0 Å². The average molecular weight is 775 g/mol. The maximum Gasteiger partial charge on any atom is 0.0555 e. The molecule has 0 atom stereocenters. The molecule has 0 spiro atoms. The highest BCUT2D eigenvalue weighted by molar-refractivity contribution is 7.26. The van der Waals surface area contributed by atoms with Crippen molar-refractivity contribution in [2.24, 2.45) is 0 Å². The van der Waals surface area contributed by atoms with E-state index in [1.165, 1.54) is 84.4 Å². The van der Waals surface area contributed by atoms with Gasteiger partial charge in [-0.05, 0) is 95.1 Å². The molecule has 3 aromatic heterocycles. The molecule has 0 aliphatic rings. The Hall–Kier alpha value is -6.98. The van der Waals surface area contributed by atoms with E-state index in [0.29, 0.717) is 0 Å². The van der Waals surface area contributed by atoms with Crippen molar-refractivity contribution >= 4 is 102 Å². The Bertz CT molecular complexity index is 3470. The third kappa shape index (κ3) is 5.23. The van der Waals surface area contributed by atoms with Crippen molar-refractivity contribution in [3.8, 4) is 27.9 Å². The number of para-hydroxylation sites is 2.